The van der Waals surface area contributed by atoms with Crippen LogP contribution in [0.4, 0.5) is 8.78 Å². The lowest BCUT2D eigenvalue weighted by Gasteiger charge is -2.55. The van der Waals surface area contributed by atoms with Gasteiger partial charge in [-0.3, -0.25) is 4.79 Å². The molecule has 162 valence electrons. The van der Waals surface area contributed by atoms with Crippen LogP contribution in [0.2, 0.25) is 0 Å². The van der Waals surface area contributed by atoms with Crippen molar-refractivity contribution in [1.82, 2.24) is 0 Å². The SMILES string of the molecule is COc1cc(/C=C/C(=O)OCC(=O)C23CC4CC(CC(C4)C2)C3)ccc1OC(F)F. The quantitative estimate of drug-likeness (QED) is 0.453. The summed E-state index contributed by atoms with van der Waals surface area (Å²) in [6, 6.07) is 4.33. The van der Waals surface area contributed by atoms with Crippen molar-refractivity contribution in [2.24, 2.45) is 23.2 Å². The molecular weight excluding hydrogens is 394 g/mol. The highest BCUT2D eigenvalue weighted by molar-refractivity contribution is 5.91. The lowest BCUT2D eigenvalue weighted by molar-refractivity contribution is -0.155. The molecule has 0 saturated heterocycles. The average molecular weight is 420 g/mol. The summed E-state index contributed by atoms with van der Waals surface area (Å²) in [4.78, 5) is 25.0. The van der Waals surface area contributed by atoms with Crippen molar-refractivity contribution in [3.63, 3.8) is 0 Å². The first kappa shape index (κ1) is 20.8. The third-order valence-corrected chi connectivity index (χ3v) is 6.79. The Balaban J connectivity index is 1.33. The number of benzene rings is 1. The van der Waals surface area contributed by atoms with Crippen LogP contribution in [0, 0.1) is 23.2 Å². The van der Waals surface area contributed by atoms with Crippen LogP contribution in [-0.4, -0.2) is 32.1 Å². The summed E-state index contributed by atoms with van der Waals surface area (Å²) in [5.74, 6) is 1.45. The Bertz CT molecular complexity index is 813. The summed E-state index contributed by atoms with van der Waals surface area (Å²) < 4.78 is 39.4. The van der Waals surface area contributed by atoms with Crippen molar-refractivity contribution in [3.8, 4) is 11.5 Å². The second kappa shape index (κ2) is 8.36. The van der Waals surface area contributed by atoms with E-state index in [1.165, 1.54) is 56.7 Å². The first-order chi connectivity index (χ1) is 14.4. The van der Waals surface area contributed by atoms with Gasteiger partial charge in [0.15, 0.2) is 23.9 Å². The van der Waals surface area contributed by atoms with E-state index in [4.69, 9.17) is 9.47 Å². The first-order valence-electron chi connectivity index (χ1n) is 10.4. The number of ether oxygens (including phenoxy) is 3. The largest absolute Gasteiger partial charge is 0.493 e. The van der Waals surface area contributed by atoms with Gasteiger partial charge in [-0.25, -0.2) is 4.79 Å². The Hall–Kier alpha value is -2.44. The molecule has 1 aromatic carbocycles. The summed E-state index contributed by atoms with van der Waals surface area (Å²) in [6.07, 6.45) is 9.27. The summed E-state index contributed by atoms with van der Waals surface area (Å²) in [6.45, 7) is -3.15. The second-order valence-corrected chi connectivity index (χ2v) is 8.85. The molecule has 0 atom stereocenters. The minimum absolute atomic E-state index is 0.0542. The zero-order valence-corrected chi connectivity index (χ0v) is 16.9. The van der Waals surface area contributed by atoms with E-state index in [2.05, 4.69) is 4.74 Å². The van der Waals surface area contributed by atoms with Crippen LogP contribution >= 0.6 is 0 Å². The molecule has 0 spiro atoms. The monoisotopic (exact) mass is 420 g/mol. The number of Topliss-reactive ketones (excluding diaryl/α,β-unsaturated/α-hetero) is 1. The molecule has 5 nitrogen and oxygen atoms in total. The number of ketones is 1. The predicted octanol–water partition coefficient (Wildman–Crippen LogP) is 4.64. The molecular formula is C23H26F2O5. The van der Waals surface area contributed by atoms with E-state index in [0.29, 0.717) is 23.3 Å². The molecule has 4 aliphatic rings. The fourth-order valence-electron chi connectivity index (χ4n) is 5.94. The van der Waals surface area contributed by atoms with E-state index < -0.39 is 12.6 Å². The van der Waals surface area contributed by atoms with E-state index in [9.17, 15) is 18.4 Å². The van der Waals surface area contributed by atoms with Crippen LogP contribution < -0.4 is 9.47 Å². The van der Waals surface area contributed by atoms with E-state index in [-0.39, 0.29) is 29.3 Å². The number of halogens is 2. The molecule has 5 rings (SSSR count). The molecule has 0 aliphatic heterocycles. The van der Waals surface area contributed by atoms with E-state index >= 15 is 0 Å². The van der Waals surface area contributed by atoms with Crippen LogP contribution in [0.15, 0.2) is 24.3 Å². The zero-order chi connectivity index (χ0) is 21.3. The number of esters is 1. The van der Waals surface area contributed by atoms with Gasteiger partial charge < -0.3 is 14.2 Å². The standard InChI is InChI=1S/C23H26F2O5/c1-28-19-9-14(2-4-18(19)30-22(24)25)3-5-21(27)29-13-20(26)23-10-15-6-16(11-23)8-17(7-15)12-23/h2-5,9,15-17,22H,6-8,10-13H2,1H3/b5-3+. The molecule has 0 unspecified atom stereocenters. The first-order valence-corrected chi connectivity index (χ1v) is 10.4. The van der Waals surface area contributed by atoms with Crippen molar-refractivity contribution in [3.05, 3.63) is 29.8 Å². The number of carbonyl (C=O) groups is 2. The smallest absolute Gasteiger partial charge is 0.387 e. The fourth-order valence-corrected chi connectivity index (χ4v) is 5.94. The Morgan fingerprint density at radius 1 is 1.10 bits per heavy atom. The summed E-state index contributed by atoms with van der Waals surface area (Å²) in [5.41, 5.74) is 0.268. The number of methoxy groups -OCH3 is 1. The maximum Gasteiger partial charge on any atom is 0.387 e. The molecule has 4 saturated carbocycles. The fraction of sp³-hybridized carbons (Fsp3) is 0.565. The summed E-state index contributed by atoms with van der Waals surface area (Å²) in [5, 5.41) is 0. The molecule has 4 fully saturated rings. The van der Waals surface area contributed by atoms with E-state index in [0.717, 1.165) is 19.3 Å². The number of rotatable bonds is 8. The van der Waals surface area contributed by atoms with Crippen LogP contribution in [0.25, 0.3) is 6.08 Å². The van der Waals surface area contributed by atoms with Crippen molar-refractivity contribution < 1.29 is 32.6 Å². The molecule has 0 heterocycles. The highest BCUT2D eigenvalue weighted by atomic mass is 19.3. The number of alkyl halides is 2. The molecule has 0 N–H and O–H groups in total. The van der Waals surface area contributed by atoms with Crippen molar-refractivity contribution in [2.45, 2.75) is 45.1 Å². The van der Waals surface area contributed by atoms with Gasteiger partial charge in [-0.1, -0.05) is 6.07 Å². The van der Waals surface area contributed by atoms with Crippen LogP contribution in [0.5, 0.6) is 11.5 Å². The van der Waals surface area contributed by atoms with Crippen LogP contribution in [0.1, 0.15) is 44.1 Å². The Labute approximate surface area is 174 Å². The second-order valence-electron chi connectivity index (χ2n) is 8.85. The molecule has 0 aromatic heterocycles. The highest BCUT2D eigenvalue weighted by Crippen LogP contribution is 2.60. The Morgan fingerprint density at radius 3 is 2.30 bits per heavy atom. The van der Waals surface area contributed by atoms with E-state index in [1.54, 1.807) is 0 Å². The van der Waals surface area contributed by atoms with Gasteiger partial charge in [-0.05, 0) is 80.1 Å². The van der Waals surface area contributed by atoms with Crippen molar-refractivity contribution in [1.29, 1.82) is 0 Å². The topological polar surface area (TPSA) is 61.8 Å². The van der Waals surface area contributed by atoms with Gasteiger partial charge in [0.05, 0.1) is 7.11 Å². The molecule has 30 heavy (non-hydrogen) atoms. The Kier molecular flexibility index (Phi) is 5.80. The van der Waals surface area contributed by atoms with Crippen molar-refractivity contribution >= 4 is 17.8 Å². The number of hydrogen-bond donors (Lipinski definition) is 0. The van der Waals surface area contributed by atoms with Gasteiger partial charge in [-0.15, -0.1) is 0 Å². The lowest BCUT2D eigenvalue weighted by atomic mass is 9.48. The minimum Gasteiger partial charge on any atom is -0.493 e. The number of hydrogen-bond acceptors (Lipinski definition) is 5. The predicted molar refractivity (Wildman–Crippen MR) is 105 cm³/mol. The maximum absolute atomic E-state index is 12.9. The average Bonchev–Trinajstić information content (AvgIpc) is 2.69. The third-order valence-electron chi connectivity index (χ3n) is 6.79. The summed E-state index contributed by atoms with van der Waals surface area (Å²) >= 11 is 0. The lowest BCUT2D eigenvalue weighted by Crippen LogP contribution is -2.51. The summed E-state index contributed by atoms with van der Waals surface area (Å²) in [7, 11) is 1.34. The Morgan fingerprint density at radius 2 is 1.73 bits per heavy atom. The van der Waals surface area contributed by atoms with Gasteiger partial charge in [0.2, 0.25) is 0 Å². The van der Waals surface area contributed by atoms with Gasteiger partial charge in [0.25, 0.3) is 0 Å². The normalized spacial score (nSPS) is 29.4. The third kappa shape index (κ3) is 4.35. The molecule has 4 aliphatic carbocycles. The van der Waals surface area contributed by atoms with Gasteiger partial charge in [0, 0.05) is 11.5 Å². The molecule has 7 heteroatoms. The highest BCUT2D eigenvalue weighted by Gasteiger charge is 2.54. The van der Waals surface area contributed by atoms with Gasteiger partial charge >= 0.3 is 12.6 Å². The molecule has 4 bridgehead atoms. The molecule has 0 radical (unpaired) electrons. The number of carbonyl (C=O) groups excluding carboxylic acids is 2. The van der Waals surface area contributed by atoms with E-state index in [1.807, 2.05) is 0 Å². The molecule has 0 amide bonds. The zero-order valence-electron chi connectivity index (χ0n) is 16.9. The maximum atomic E-state index is 12.9. The minimum atomic E-state index is -2.96. The van der Waals surface area contributed by atoms with Gasteiger partial charge in [0.1, 0.15) is 0 Å². The van der Waals surface area contributed by atoms with Crippen LogP contribution in [-0.2, 0) is 14.3 Å². The molecule has 1 aromatic rings. The van der Waals surface area contributed by atoms with Crippen LogP contribution in [0.3, 0.4) is 0 Å². The van der Waals surface area contributed by atoms with Gasteiger partial charge in [-0.2, -0.15) is 8.78 Å². The van der Waals surface area contributed by atoms with Crippen molar-refractivity contribution in [2.75, 3.05) is 13.7 Å².